The van der Waals surface area contributed by atoms with Gasteiger partial charge < -0.3 is 15.4 Å². The van der Waals surface area contributed by atoms with E-state index in [1.807, 2.05) is 0 Å². The molecule has 4 nitrogen and oxygen atoms in total. The zero-order valence-electron chi connectivity index (χ0n) is 10.6. The average Bonchev–Trinajstić information content (AvgIpc) is 2.95. The SMILES string of the molecule is O=C1CCC(CNCC2Cc3cc(F)ccc3O2)N1. The highest BCUT2D eigenvalue weighted by Gasteiger charge is 2.24. The summed E-state index contributed by atoms with van der Waals surface area (Å²) in [5.41, 5.74) is 0.931. The number of rotatable bonds is 4. The van der Waals surface area contributed by atoms with Gasteiger partial charge in [-0.05, 0) is 24.6 Å². The van der Waals surface area contributed by atoms with E-state index < -0.39 is 0 Å². The molecule has 2 aliphatic rings. The van der Waals surface area contributed by atoms with Gasteiger partial charge >= 0.3 is 0 Å². The fourth-order valence-electron chi connectivity index (χ4n) is 2.65. The van der Waals surface area contributed by atoms with Crippen molar-refractivity contribution in [1.82, 2.24) is 10.6 Å². The standard InChI is InChI=1S/C14H17FN2O2/c15-10-1-3-13-9(5-10)6-12(19-13)8-16-7-11-2-4-14(18)17-11/h1,3,5,11-12,16H,2,4,6-8H2,(H,17,18). The largest absolute Gasteiger partial charge is 0.488 e. The monoisotopic (exact) mass is 264 g/mol. The normalized spacial score (nSPS) is 25.0. The molecule has 0 aliphatic carbocycles. The van der Waals surface area contributed by atoms with Gasteiger partial charge in [0.15, 0.2) is 0 Å². The maximum atomic E-state index is 13.1. The number of nitrogens with one attached hydrogen (secondary N) is 2. The van der Waals surface area contributed by atoms with Gasteiger partial charge in [0, 0.05) is 37.5 Å². The molecule has 0 saturated carbocycles. The highest BCUT2D eigenvalue weighted by molar-refractivity contribution is 5.78. The van der Waals surface area contributed by atoms with Crippen molar-refractivity contribution in [3.63, 3.8) is 0 Å². The lowest BCUT2D eigenvalue weighted by Gasteiger charge is -2.14. The minimum absolute atomic E-state index is 0.0499. The summed E-state index contributed by atoms with van der Waals surface area (Å²) >= 11 is 0. The minimum Gasteiger partial charge on any atom is -0.488 e. The van der Waals surface area contributed by atoms with Crippen LogP contribution in [-0.2, 0) is 11.2 Å². The second-order valence-electron chi connectivity index (χ2n) is 5.16. The van der Waals surface area contributed by atoms with Gasteiger partial charge in [0.1, 0.15) is 17.7 Å². The number of hydrogen-bond donors (Lipinski definition) is 2. The van der Waals surface area contributed by atoms with Crippen LogP contribution in [0.1, 0.15) is 18.4 Å². The number of hydrogen-bond acceptors (Lipinski definition) is 3. The van der Waals surface area contributed by atoms with Crippen molar-refractivity contribution < 1.29 is 13.9 Å². The Morgan fingerprint density at radius 2 is 2.32 bits per heavy atom. The van der Waals surface area contributed by atoms with Crippen molar-refractivity contribution in [2.45, 2.75) is 31.4 Å². The van der Waals surface area contributed by atoms with Crippen molar-refractivity contribution in [2.24, 2.45) is 0 Å². The van der Waals surface area contributed by atoms with Crippen LogP contribution in [-0.4, -0.2) is 31.1 Å². The highest BCUT2D eigenvalue weighted by Crippen LogP contribution is 2.28. The summed E-state index contributed by atoms with van der Waals surface area (Å²) in [6, 6.07) is 4.87. The molecule has 2 heterocycles. The van der Waals surface area contributed by atoms with E-state index in [1.54, 1.807) is 6.07 Å². The number of benzene rings is 1. The summed E-state index contributed by atoms with van der Waals surface area (Å²) < 4.78 is 18.8. The van der Waals surface area contributed by atoms with Crippen molar-refractivity contribution in [1.29, 1.82) is 0 Å². The number of carbonyl (C=O) groups excluding carboxylic acids is 1. The summed E-state index contributed by atoms with van der Waals surface area (Å²) in [4.78, 5) is 11.1. The Morgan fingerprint density at radius 3 is 3.11 bits per heavy atom. The number of fused-ring (bicyclic) bond motifs is 1. The molecule has 1 aromatic carbocycles. The quantitative estimate of drug-likeness (QED) is 0.853. The van der Waals surface area contributed by atoms with E-state index in [2.05, 4.69) is 10.6 Å². The highest BCUT2D eigenvalue weighted by atomic mass is 19.1. The average molecular weight is 264 g/mol. The van der Waals surface area contributed by atoms with Crippen LogP contribution in [0.4, 0.5) is 4.39 Å². The van der Waals surface area contributed by atoms with Crippen LogP contribution in [0.2, 0.25) is 0 Å². The van der Waals surface area contributed by atoms with Gasteiger partial charge in [-0.15, -0.1) is 0 Å². The van der Waals surface area contributed by atoms with E-state index in [0.717, 1.165) is 30.7 Å². The Kier molecular flexibility index (Phi) is 3.38. The Hall–Kier alpha value is -1.62. The molecule has 3 rings (SSSR count). The summed E-state index contributed by atoms with van der Waals surface area (Å²) in [5.74, 6) is 0.693. The Bertz CT molecular complexity index is 492. The predicted molar refractivity (Wildman–Crippen MR) is 68.6 cm³/mol. The molecule has 1 amide bonds. The lowest BCUT2D eigenvalue weighted by molar-refractivity contribution is -0.119. The molecule has 0 spiro atoms. The molecular formula is C14H17FN2O2. The first-order valence-corrected chi connectivity index (χ1v) is 6.66. The third kappa shape index (κ3) is 2.87. The van der Waals surface area contributed by atoms with Crippen molar-refractivity contribution in [3.8, 4) is 5.75 Å². The molecular weight excluding hydrogens is 247 g/mol. The summed E-state index contributed by atoms with van der Waals surface area (Å²) in [6.45, 7) is 1.47. The minimum atomic E-state index is -0.218. The maximum Gasteiger partial charge on any atom is 0.220 e. The molecule has 1 saturated heterocycles. The van der Waals surface area contributed by atoms with Crippen LogP contribution >= 0.6 is 0 Å². The third-order valence-electron chi connectivity index (χ3n) is 3.61. The van der Waals surface area contributed by atoms with Gasteiger partial charge in [-0.25, -0.2) is 4.39 Å². The summed E-state index contributed by atoms with van der Waals surface area (Å²) in [7, 11) is 0. The molecule has 1 aromatic rings. The van der Waals surface area contributed by atoms with E-state index in [9.17, 15) is 9.18 Å². The molecule has 2 unspecified atom stereocenters. The molecule has 1 fully saturated rings. The van der Waals surface area contributed by atoms with Gasteiger partial charge in [-0.1, -0.05) is 0 Å². The first-order valence-electron chi connectivity index (χ1n) is 6.66. The molecule has 0 radical (unpaired) electrons. The fraction of sp³-hybridized carbons (Fsp3) is 0.500. The van der Waals surface area contributed by atoms with E-state index in [-0.39, 0.29) is 23.9 Å². The molecule has 5 heteroatoms. The Balaban J connectivity index is 1.44. The molecule has 102 valence electrons. The molecule has 0 bridgehead atoms. The number of ether oxygens (including phenoxy) is 1. The second-order valence-corrected chi connectivity index (χ2v) is 5.16. The number of halogens is 1. The molecule has 2 N–H and O–H groups in total. The maximum absolute atomic E-state index is 13.1. The van der Waals surface area contributed by atoms with Gasteiger partial charge in [0.25, 0.3) is 0 Å². The molecule has 2 atom stereocenters. The van der Waals surface area contributed by atoms with Crippen LogP contribution in [0.5, 0.6) is 5.75 Å². The van der Waals surface area contributed by atoms with Crippen molar-refractivity contribution >= 4 is 5.91 Å². The number of amides is 1. The van der Waals surface area contributed by atoms with Crippen LogP contribution in [0.25, 0.3) is 0 Å². The molecule has 2 aliphatic heterocycles. The van der Waals surface area contributed by atoms with Gasteiger partial charge in [0.2, 0.25) is 5.91 Å². The van der Waals surface area contributed by atoms with Gasteiger partial charge in [-0.2, -0.15) is 0 Å². The van der Waals surface area contributed by atoms with Crippen LogP contribution < -0.4 is 15.4 Å². The molecule has 19 heavy (non-hydrogen) atoms. The topological polar surface area (TPSA) is 50.4 Å². The van der Waals surface area contributed by atoms with Crippen molar-refractivity contribution in [3.05, 3.63) is 29.6 Å². The molecule has 0 aromatic heterocycles. The van der Waals surface area contributed by atoms with Crippen LogP contribution in [0.15, 0.2) is 18.2 Å². The summed E-state index contributed by atoms with van der Waals surface area (Å²) in [5, 5.41) is 6.22. The summed E-state index contributed by atoms with van der Waals surface area (Å²) in [6.07, 6.45) is 2.30. The predicted octanol–water partition coefficient (Wildman–Crippen LogP) is 0.997. The van der Waals surface area contributed by atoms with E-state index in [1.165, 1.54) is 12.1 Å². The van der Waals surface area contributed by atoms with Gasteiger partial charge in [-0.3, -0.25) is 4.79 Å². The zero-order valence-corrected chi connectivity index (χ0v) is 10.6. The third-order valence-corrected chi connectivity index (χ3v) is 3.61. The van der Waals surface area contributed by atoms with Crippen molar-refractivity contribution in [2.75, 3.05) is 13.1 Å². The smallest absolute Gasteiger partial charge is 0.220 e. The first kappa shape index (κ1) is 12.4. The Labute approximate surface area is 111 Å². The zero-order chi connectivity index (χ0) is 13.2. The van der Waals surface area contributed by atoms with E-state index >= 15 is 0 Å². The first-order chi connectivity index (χ1) is 9.20. The second kappa shape index (κ2) is 5.17. The Morgan fingerprint density at radius 1 is 1.42 bits per heavy atom. The van der Waals surface area contributed by atoms with Crippen LogP contribution in [0.3, 0.4) is 0 Å². The lowest BCUT2D eigenvalue weighted by Crippen LogP contribution is -2.39. The lowest BCUT2D eigenvalue weighted by atomic mass is 10.1. The fourth-order valence-corrected chi connectivity index (χ4v) is 2.65. The van der Waals surface area contributed by atoms with Crippen LogP contribution in [0, 0.1) is 5.82 Å². The van der Waals surface area contributed by atoms with Gasteiger partial charge in [0.05, 0.1) is 0 Å². The van der Waals surface area contributed by atoms with E-state index in [4.69, 9.17) is 4.74 Å². The van der Waals surface area contributed by atoms with E-state index in [0.29, 0.717) is 13.0 Å². The number of carbonyl (C=O) groups is 1.